The maximum atomic E-state index is 11.7. The number of carbonyl (C=O) groups excluding carboxylic acids is 1. The quantitative estimate of drug-likeness (QED) is 0.943. The maximum absolute atomic E-state index is 11.7. The number of halogens is 1. The fourth-order valence-corrected chi connectivity index (χ4v) is 1.81. The second-order valence-electron chi connectivity index (χ2n) is 3.90. The second-order valence-corrected chi connectivity index (χ2v) is 4.82. The largest absolute Gasteiger partial charge is 0.350 e. The number of nitrogens with one attached hydrogen (secondary N) is 1. The fourth-order valence-electron chi connectivity index (χ4n) is 1.54. The van der Waals surface area contributed by atoms with Crippen LogP contribution in [0, 0.1) is 0 Å². The molecule has 0 aliphatic heterocycles. The van der Waals surface area contributed by atoms with Crippen LogP contribution in [0.15, 0.2) is 53.1 Å². The second kappa shape index (κ2) is 6.31. The monoisotopic (exact) mass is 304 g/mol. The van der Waals surface area contributed by atoms with E-state index in [-0.39, 0.29) is 5.91 Å². The zero-order chi connectivity index (χ0) is 12.8. The lowest BCUT2D eigenvalue weighted by molar-refractivity contribution is -0.120. The molecule has 0 radical (unpaired) electrons. The van der Waals surface area contributed by atoms with E-state index in [1.54, 1.807) is 6.20 Å². The van der Waals surface area contributed by atoms with E-state index < -0.39 is 0 Å². The Hall–Kier alpha value is -1.68. The Morgan fingerprint density at radius 2 is 1.94 bits per heavy atom. The molecule has 0 saturated heterocycles. The molecule has 0 fully saturated rings. The molecule has 0 atom stereocenters. The number of hydrogen-bond donors (Lipinski definition) is 1. The van der Waals surface area contributed by atoms with Crippen molar-refractivity contribution < 1.29 is 4.79 Å². The van der Waals surface area contributed by atoms with Crippen molar-refractivity contribution >= 4 is 21.8 Å². The van der Waals surface area contributed by atoms with E-state index in [9.17, 15) is 4.79 Å². The van der Waals surface area contributed by atoms with Gasteiger partial charge in [0.25, 0.3) is 0 Å². The van der Waals surface area contributed by atoms with Gasteiger partial charge < -0.3 is 5.32 Å². The Morgan fingerprint density at radius 1 is 1.17 bits per heavy atom. The average molecular weight is 305 g/mol. The first-order chi connectivity index (χ1) is 8.74. The Balaban J connectivity index is 1.84. The van der Waals surface area contributed by atoms with Gasteiger partial charge in [0.2, 0.25) is 5.91 Å². The van der Waals surface area contributed by atoms with E-state index >= 15 is 0 Å². The number of nitrogens with zero attached hydrogens (tertiary/aromatic N) is 1. The third-order valence-corrected chi connectivity index (χ3v) is 3.00. The van der Waals surface area contributed by atoms with Crippen molar-refractivity contribution in [2.75, 3.05) is 0 Å². The molecule has 1 heterocycles. The summed E-state index contributed by atoms with van der Waals surface area (Å²) in [4.78, 5) is 15.9. The molecule has 1 aromatic heterocycles. The van der Waals surface area contributed by atoms with Crippen LogP contribution in [0.1, 0.15) is 11.3 Å². The van der Waals surface area contributed by atoms with Gasteiger partial charge in [0.1, 0.15) is 0 Å². The Labute approximate surface area is 114 Å². The highest BCUT2D eigenvalue weighted by atomic mass is 79.9. The van der Waals surface area contributed by atoms with E-state index in [1.807, 2.05) is 42.5 Å². The molecule has 4 heteroatoms. The molecule has 1 amide bonds. The van der Waals surface area contributed by atoms with Crippen LogP contribution in [-0.2, 0) is 17.8 Å². The van der Waals surface area contributed by atoms with Crippen molar-refractivity contribution in [3.63, 3.8) is 0 Å². The van der Waals surface area contributed by atoms with Crippen molar-refractivity contribution in [3.8, 4) is 0 Å². The number of carbonyl (C=O) groups is 1. The van der Waals surface area contributed by atoms with Gasteiger partial charge >= 0.3 is 0 Å². The summed E-state index contributed by atoms with van der Waals surface area (Å²) in [5, 5.41) is 2.85. The number of hydrogen-bond acceptors (Lipinski definition) is 2. The van der Waals surface area contributed by atoms with Crippen LogP contribution in [0.25, 0.3) is 0 Å². The normalized spacial score (nSPS) is 10.1. The van der Waals surface area contributed by atoms with Gasteiger partial charge in [-0.15, -0.1) is 0 Å². The minimum Gasteiger partial charge on any atom is -0.350 e. The van der Waals surface area contributed by atoms with Gasteiger partial charge in [0.05, 0.1) is 18.7 Å². The van der Waals surface area contributed by atoms with Crippen LogP contribution in [0.5, 0.6) is 0 Å². The van der Waals surface area contributed by atoms with Crippen LogP contribution < -0.4 is 5.32 Å². The molecule has 0 unspecified atom stereocenters. The Bertz CT molecular complexity index is 511. The molecule has 0 spiro atoms. The SMILES string of the molecule is O=C(Cc1ccc(Br)cc1)NCc1ccccn1. The number of aromatic nitrogens is 1. The first kappa shape index (κ1) is 12.8. The predicted molar refractivity (Wildman–Crippen MR) is 73.9 cm³/mol. The van der Waals surface area contributed by atoms with Gasteiger partial charge in [-0.25, -0.2) is 0 Å². The van der Waals surface area contributed by atoms with Crippen LogP contribution in [0.3, 0.4) is 0 Å². The first-order valence-corrected chi connectivity index (χ1v) is 6.44. The summed E-state index contributed by atoms with van der Waals surface area (Å²) in [6.45, 7) is 0.468. The van der Waals surface area contributed by atoms with Gasteiger partial charge in [-0.2, -0.15) is 0 Å². The molecule has 2 rings (SSSR count). The molecule has 1 aromatic carbocycles. The van der Waals surface area contributed by atoms with E-state index in [0.717, 1.165) is 15.7 Å². The third kappa shape index (κ3) is 3.96. The van der Waals surface area contributed by atoms with Gasteiger partial charge in [-0.3, -0.25) is 9.78 Å². The smallest absolute Gasteiger partial charge is 0.224 e. The summed E-state index contributed by atoms with van der Waals surface area (Å²) in [5.74, 6) is 0.00276. The van der Waals surface area contributed by atoms with Crippen molar-refractivity contribution in [3.05, 3.63) is 64.4 Å². The molecule has 0 saturated carbocycles. The molecule has 0 bridgehead atoms. The predicted octanol–water partition coefficient (Wildman–Crippen LogP) is 2.70. The molecule has 3 nitrogen and oxygen atoms in total. The van der Waals surface area contributed by atoms with Crippen LogP contribution in [0.2, 0.25) is 0 Å². The standard InChI is InChI=1S/C14H13BrN2O/c15-12-6-4-11(5-7-12)9-14(18)17-10-13-3-1-2-8-16-13/h1-8H,9-10H2,(H,17,18). The van der Waals surface area contributed by atoms with E-state index in [2.05, 4.69) is 26.2 Å². The Morgan fingerprint density at radius 3 is 2.61 bits per heavy atom. The molecular formula is C14H13BrN2O. The van der Waals surface area contributed by atoms with Crippen LogP contribution in [-0.4, -0.2) is 10.9 Å². The van der Waals surface area contributed by atoms with Gasteiger partial charge in [0, 0.05) is 10.7 Å². The molecule has 1 N–H and O–H groups in total. The average Bonchev–Trinajstić information content (AvgIpc) is 2.40. The number of rotatable bonds is 4. The molecule has 0 aliphatic carbocycles. The van der Waals surface area contributed by atoms with Gasteiger partial charge in [0.15, 0.2) is 0 Å². The number of amides is 1. The fraction of sp³-hybridized carbons (Fsp3) is 0.143. The van der Waals surface area contributed by atoms with Gasteiger partial charge in [-0.05, 0) is 29.8 Å². The lowest BCUT2D eigenvalue weighted by Crippen LogP contribution is -2.24. The van der Waals surface area contributed by atoms with E-state index in [0.29, 0.717) is 13.0 Å². The molecule has 2 aromatic rings. The van der Waals surface area contributed by atoms with E-state index in [1.165, 1.54) is 0 Å². The summed E-state index contributed by atoms with van der Waals surface area (Å²) in [6.07, 6.45) is 2.11. The summed E-state index contributed by atoms with van der Waals surface area (Å²) in [6, 6.07) is 13.4. The number of benzene rings is 1. The molecule has 18 heavy (non-hydrogen) atoms. The highest BCUT2D eigenvalue weighted by molar-refractivity contribution is 9.10. The van der Waals surface area contributed by atoms with Crippen LogP contribution >= 0.6 is 15.9 Å². The highest BCUT2D eigenvalue weighted by Crippen LogP contribution is 2.10. The maximum Gasteiger partial charge on any atom is 0.224 e. The Kier molecular flexibility index (Phi) is 4.47. The molecule has 0 aliphatic rings. The van der Waals surface area contributed by atoms with Crippen molar-refractivity contribution in [2.24, 2.45) is 0 Å². The summed E-state index contributed by atoms with van der Waals surface area (Å²) >= 11 is 3.36. The van der Waals surface area contributed by atoms with Crippen molar-refractivity contribution in [1.29, 1.82) is 0 Å². The topological polar surface area (TPSA) is 42.0 Å². The lowest BCUT2D eigenvalue weighted by Gasteiger charge is -2.05. The van der Waals surface area contributed by atoms with Gasteiger partial charge in [-0.1, -0.05) is 34.1 Å². The minimum absolute atomic E-state index is 0.00276. The van der Waals surface area contributed by atoms with Crippen molar-refractivity contribution in [2.45, 2.75) is 13.0 Å². The first-order valence-electron chi connectivity index (χ1n) is 5.65. The summed E-state index contributed by atoms with van der Waals surface area (Å²) < 4.78 is 1.01. The summed E-state index contributed by atoms with van der Waals surface area (Å²) in [7, 11) is 0. The molecule has 92 valence electrons. The zero-order valence-corrected chi connectivity index (χ0v) is 11.4. The highest BCUT2D eigenvalue weighted by Gasteiger charge is 2.03. The van der Waals surface area contributed by atoms with E-state index in [4.69, 9.17) is 0 Å². The zero-order valence-electron chi connectivity index (χ0n) is 9.77. The minimum atomic E-state index is 0.00276. The lowest BCUT2D eigenvalue weighted by atomic mass is 10.1. The third-order valence-electron chi connectivity index (χ3n) is 2.47. The number of pyridine rings is 1. The van der Waals surface area contributed by atoms with Crippen molar-refractivity contribution in [1.82, 2.24) is 10.3 Å². The summed E-state index contributed by atoms with van der Waals surface area (Å²) in [5.41, 5.74) is 1.86. The van der Waals surface area contributed by atoms with Crippen LogP contribution in [0.4, 0.5) is 0 Å². The molecular weight excluding hydrogens is 292 g/mol.